The summed E-state index contributed by atoms with van der Waals surface area (Å²) in [6.07, 6.45) is 12.1. The summed E-state index contributed by atoms with van der Waals surface area (Å²) in [4.78, 5) is 20.1. The third-order valence-corrected chi connectivity index (χ3v) is 7.88. The molecule has 1 amide bonds. The molecule has 0 aromatic carbocycles. The topological polar surface area (TPSA) is 43.6 Å². The van der Waals surface area contributed by atoms with Crippen LogP contribution >= 0.6 is 11.3 Å². The van der Waals surface area contributed by atoms with E-state index in [9.17, 15) is 4.79 Å². The zero-order valence-corrected chi connectivity index (χ0v) is 15.9. The minimum atomic E-state index is -0.131. The van der Waals surface area contributed by atoms with Crippen LogP contribution < -0.4 is 4.80 Å². The fraction of sp³-hybridized carbons (Fsp3) is 0.800. The number of aromatic nitrogens is 1. The second-order valence-corrected chi connectivity index (χ2v) is 10.2. The van der Waals surface area contributed by atoms with Crippen LogP contribution in [0.4, 0.5) is 0 Å². The van der Waals surface area contributed by atoms with Gasteiger partial charge in [-0.15, -0.1) is 11.3 Å². The molecule has 0 spiro atoms. The van der Waals surface area contributed by atoms with Gasteiger partial charge in [0.15, 0.2) is 4.80 Å². The number of hydrogen-bond donors (Lipinski definition) is 0. The molecule has 4 bridgehead atoms. The van der Waals surface area contributed by atoms with E-state index in [0.717, 1.165) is 67.8 Å². The molecule has 5 aliphatic rings. The Morgan fingerprint density at radius 1 is 1.28 bits per heavy atom. The SMILES string of the molecule is Cc1cn(CC2CCCO2)c(=NC(=O)C23CC4CC(CC(C4)C2)C3)s1. The van der Waals surface area contributed by atoms with Crippen molar-refractivity contribution < 1.29 is 9.53 Å². The Morgan fingerprint density at radius 2 is 1.96 bits per heavy atom. The van der Waals surface area contributed by atoms with E-state index in [2.05, 4.69) is 17.7 Å². The van der Waals surface area contributed by atoms with Crippen LogP contribution in [0.1, 0.15) is 56.2 Å². The second kappa shape index (κ2) is 6.05. The van der Waals surface area contributed by atoms with Gasteiger partial charge in [-0.2, -0.15) is 4.99 Å². The highest BCUT2D eigenvalue weighted by Crippen LogP contribution is 2.60. The normalized spacial score (nSPS) is 40.1. The van der Waals surface area contributed by atoms with E-state index in [1.165, 1.54) is 24.1 Å². The van der Waals surface area contributed by atoms with Gasteiger partial charge in [-0.05, 0) is 76.0 Å². The summed E-state index contributed by atoms with van der Waals surface area (Å²) in [5.74, 6) is 2.54. The maximum atomic E-state index is 13.3. The van der Waals surface area contributed by atoms with Crippen LogP contribution in [0.15, 0.2) is 11.2 Å². The Morgan fingerprint density at radius 3 is 2.56 bits per heavy atom. The third kappa shape index (κ3) is 2.93. The standard InChI is InChI=1S/C20H28N2O2S/c1-13-11-22(12-17-3-2-4-24-17)19(25-13)21-18(23)20-8-14-5-15(9-20)7-16(6-14)10-20/h11,14-17H,2-10,12H2,1H3. The molecule has 5 heteroatoms. The van der Waals surface area contributed by atoms with E-state index >= 15 is 0 Å². The molecule has 5 fully saturated rings. The molecule has 4 saturated carbocycles. The van der Waals surface area contributed by atoms with Crippen molar-refractivity contribution in [2.75, 3.05) is 6.61 Å². The molecule has 6 rings (SSSR count). The lowest BCUT2D eigenvalue weighted by Gasteiger charge is -2.55. The van der Waals surface area contributed by atoms with Crippen LogP contribution in [-0.2, 0) is 16.1 Å². The first-order valence-electron chi connectivity index (χ1n) is 9.97. The number of hydrogen-bond acceptors (Lipinski definition) is 3. The molecule has 0 radical (unpaired) electrons. The highest BCUT2D eigenvalue weighted by atomic mass is 32.1. The first-order valence-corrected chi connectivity index (χ1v) is 10.8. The number of nitrogens with zero attached hydrogens (tertiary/aromatic N) is 2. The lowest BCUT2D eigenvalue weighted by molar-refractivity contribution is -0.142. The molecular weight excluding hydrogens is 332 g/mol. The average Bonchev–Trinajstić information content (AvgIpc) is 3.16. The predicted molar refractivity (Wildman–Crippen MR) is 97.2 cm³/mol. The number of carbonyl (C=O) groups excluding carboxylic acids is 1. The molecule has 1 aromatic rings. The minimum Gasteiger partial charge on any atom is -0.376 e. The van der Waals surface area contributed by atoms with Crippen molar-refractivity contribution in [3.05, 3.63) is 15.9 Å². The Labute approximate surface area is 153 Å². The number of ether oxygens (including phenoxy) is 1. The van der Waals surface area contributed by atoms with Gasteiger partial charge in [0, 0.05) is 17.7 Å². The third-order valence-electron chi connectivity index (χ3n) is 6.95. The zero-order valence-electron chi connectivity index (χ0n) is 15.1. The van der Waals surface area contributed by atoms with Gasteiger partial charge in [0.25, 0.3) is 5.91 Å². The van der Waals surface area contributed by atoms with E-state index in [-0.39, 0.29) is 17.4 Å². The second-order valence-electron chi connectivity index (χ2n) is 9.03. The lowest BCUT2D eigenvalue weighted by atomic mass is 9.49. The summed E-state index contributed by atoms with van der Waals surface area (Å²) in [7, 11) is 0. The number of aryl methyl sites for hydroxylation is 1. The van der Waals surface area contributed by atoms with Crippen LogP contribution in [-0.4, -0.2) is 23.2 Å². The first-order chi connectivity index (χ1) is 12.1. The van der Waals surface area contributed by atoms with Crippen molar-refractivity contribution >= 4 is 17.2 Å². The molecule has 4 nitrogen and oxygen atoms in total. The fourth-order valence-corrected chi connectivity index (χ4v) is 7.15. The number of thiazole rings is 1. The Bertz CT molecular complexity index is 706. The van der Waals surface area contributed by atoms with E-state index < -0.39 is 0 Å². The zero-order chi connectivity index (χ0) is 17.0. The summed E-state index contributed by atoms with van der Waals surface area (Å²) in [5, 5.41) is 0. The van der Waals surface area contributed by atoms with Crippen LogP contribution in [0.25, 0.3) is 0 Å². The minimum absolute atomic E-state index is 0.131. The van der Waals surface area contributed by atoms with Gasteiger partial charge in [0.05, 0.1) is 18.1 Å². The molecule has 25 heavy (non-hydrogen) atoms. The van der Waals surface area contributed by atoms with Gasteiger partial charge in [0.1, 0.15) is 0 Å². The average molecular weight is 361 g/mol. The Balaban J connectivity index is 1.43. The molecular formula is C20H28N2O2S. The monoisotopic (exact) mass is 360 g/mol. The summed E-state index contributed by atoms with van der Waals surface area (Å²) >= 11 is 1.65. The van der Waals surface area contributed by atoms with Crippen molar-refractivity contribution in [2.24, 2.45) is 28.2 Å². The summed E-state index contributed by atoms with van der Waals surface area (Å²) in [5.41, 5.74) is -0.131. The van der Waals surface area contributed by atoms with Crippen molar-refractivity contribution in [3.63, 3.8) is 0 Å². The van der Waals surface area contributed by atoms with Gasteiger partial charge in [-0.3, -0.25) is 4.79 Å². The van der Waals surface area contributed by atoms with Gasteiger partial charge >= 0.3 is 0 Å². The van der Waals surface area contributed by atoms with Crippen LogP contribution in [0.3, 0.4) is 0 Å². The largest absolute Gasteiger partial charge is 0.376 e. The van der Waals surface area contributed by atoms with E-state index in [1.54, 1.807) is 11.3 Å². The van der Waals surface area contributed by atoms with Gasteiger partial charge in [-0.25, -0.2) is 0 Å². The molecule has 2 heterocycles. The number of rotatable bonds is 3. The smallest absolute Gasteiger partial charge is 0.254 e. The quantitative estimate of drug-likeness (QED) is 0.825. The predicted octanol–water partition coefficient (Wildman–Crippen LogP) is 3.68. The Kier molecular flexibility index (Phi) is 3.93. The Hall–Kier alpha value is -0.940. The molecule has 4 aliphatic carbocycles. The fourth-order valence-electron chi connectivity index (χ4n) is 6.31. The van der Waals surface area contributed by atoms with Crippen molar-refractivity contribution in [3.8, 4) is 0 Å². The summed E-state index contributed by atoms with van der Waals surface area (Å²) < 4.78 is 7.94. The van der Waals surface area contributed by atoms with Gasteiger partial charge < -0.3 is 9.30 Å². The first kappa shape index (κ1) is 16.2. The van der Waals surface area contributed by atoms with Gasteiger partial charge in [0.2, 0.25) is 0 Å². The molecule has 1 unspecified atom stereocenters. The van der Waals surface area contributed by atoms with E-state index in [4.69, 9.17) is 9.73 Å². The van der Waals surface area contributed by atoms with E-state index in [0.29, 0.717) is 0 Å². The summed E-state index contributed by atoms with van der Waals surface area (Å²) in [6, 6.07) is 0. The maximum Gasteiger partial charge on any atom is 0.254 e. The van der Waals surface area contributed by atoms with Crippen LogP contribution in [0, 0.1) is 30.1 Å². The maximum absolute atomic E-state index is 13.3. The summed E-state index contributed by atoms with van der Waals surface area (Å²) in [6.45, 7) is 3.80. The molecule has 1 saturated heterocycles. The van der Waals surface area contributed by atoms with Crippen molar-refractivity contribution in [2.45, 2.75) is 70.9 Å². The highest BCUT2D eigenvalue weighted by molar-refractivity contribution is 7.09. The van der Waals surface area contributed by atoms with E-state index in [1.807, 2.05) is 0 Å². The van der Waals surface area contributed by atoms with Gasteiger partial charge in [-0.1, -0.05) is 0 Å². The number of carbonyl (C=O) groups is 1. The van der Waals surface area contributed by atoms with Crippen molar-refractivity contribution in [1.82, 2.24) is 4.57 Å². The van der Waals surface area contributed by atoms with Crippen molar-refractivity contribution in [1.29, 1.82) is 0 Å². The molecule has 1 aromatic heterocycles. The highest BCUT2D eigenvalue weighted by Gasteiger charge is 2.54. The molecule has 0 N–H and O–H groups in total. The molecule has 1 atom stereocenters. The van der Waals surface area contributed by atoms with Crippen LogP contribution in [0.2, 0.25) is 0 Å². The van der Waals surface area contributed by atoms with Crippen LogP contribution in [0.5, 0.6) is 0 Å². The molecule has 1 aliphatic heterocycles. The lowest BCUT2D eigenvalue weighted by Crippen LogP contribution is -2.50. The molecule has 136 valence electrons. The number of amides is 1.